The molecular formula is C10H11ClN2O2S3. The van der Waals surface area contributed by atoms with Gasteiger partial charge in [-0.05, 0) is 26.0 Å². The van der Waals surface area contributed by atoms with Gasteiger partial charge in [-0.1, -0.05) is 11.6 Å². The lowest BCUT2D eigenvalue weighted by Gasteiger charge is -2.01. The van der Waals surface area contributed by atoms with Crippen LogP contribution in [0.25, 0.3) is 0 Å². The summed E-state index contributed by atoms with van der Waals surface area (Å²) in [7, 11) is -3.49. The first-order chi connectivity index (χ1) is 8.38. The number of aryl methyl sites for hydroxylation is 2. The molecule has 0 aromatic carbocycles. The van der Waals surface area contributed by atoms with Gasteiger partial charge in [-0.2, -0.15) is 0 Å². The van der Waals surface area contributed by atoms with Gasteiger partial charge < -0.3 is 0 Å². The molecule has 98 valence electrons. The number of hydrogen-bond donors (Lipinski definition) is 1. The third kappa shape index (κ3) is 3.10. The molecule has 0 aliphatic rings. The van der Waals surface area contributed by atoms with Crippen LogP contribution in [0.2, 0.25) is 4.34 Å². The summed E-state index contributed by atoms with van der Waals surface area (Å²) in [5, 5.41) is 0.760. The first kappa shape index (κ1) is 14.0. The fourth-order valence-corrected chi connectivity index (χ4v) is 4.76. The second-order valence-corrected chi connectivity index (χ2v) is 8.63. The summed E-state index contributed by atoms with van der Waals surface area (Å²) in [6.07, 6.45) is 0. The fraction of sp³-hybridized carbons (Fsp3) is 0.300. The summed E-state index contributed by atoms with van der Waals surface area (Å²) < 4.78 is 27.0. The van der Waals surface area contributed by atoms with Crippen LogP contribution in [0.1, 0.15) is 15.6 Å². The average molecular weight is 323 g/mol. The van der Waals surface area contributed by atoms with Crippen molar-refractivity contribution in [2.75, 3.05) is 0 Å². The molecule has 2 rings (SSSR count). The first-order valence-electron chi connectivity index (χ1n) is 5.06. The van der Waals surface area contributed by atoms with Gasteiger partial charge >= 0.3 is 0 Å². The topological polar surface area (TPSA) is 59.1 Å². The van der Waals surface area contributed by atoms with Crippen molar-refractivity contribution in [3.05, 3.63) is 32.0 Å². The minimum atomic E-state index is -3.49. The number of rotatable bonds is 4. The van der Waals surface area contributed by atoms with Crippen molar-refractivity contribution in [1.29, 1.82) is 0 Å². The Labute approximate surface area is 119 Å². The zero-order chi connectivity index (χ0) is 13.3. The lowest BCUT2D eigenvalue weighted by Crippen LogP contribution is -2.22. The number of halogens is 1. The highest BCUT2D eigenvalue weighted by atomic mass is 35.5. The Morgan fingerprint density at radius 1 is 1.33 bits per heavy atom. The molecule has 8 heteroatoms. The predicted molar refractivity (Wildman–Crippen MR) is 74.9 cm³/mol. The number of hydrogen-bond acceptors (Lipinski definition) is 5. The average Bonchev–Trinajstić information content (AvgIpc) is 2.85. The van der Waals surface area contributed by atoms with E-state index in [1.165, 1.54) is 17.4 Å². The summed E-state index contributed by atoms with van der Waals surface area (Å²) in [6, 6.07) is 3.06. The van der Waals surface area contributed by atoms with Crippen LogP contribution in [-0.4, -0.2) is 13.4 Å². The first-order valence-corrected chi connectivity index (χ1v) is 8.56. The van der Waals surface area contributed by atoms with Crippen LogP contribution in [0.4, 0.5) is 0 Å². The van der Waals surface area contributed by atoms with E-state index in [1.807, 2.05) is 13.8 Å². The Morgan fingerprint density at radius 2 is 2.06 bits per heavy atom. The quantitative estimate of drug-likeness (QED) is 0.941. The summed E-state index contributed by atoms with van der Waals surface area (Å²) >= 11 is 8.25. The predicted octanol–water partition coefficient (Wildman–Crippen LogP) is 2.95. The fourth-order valence-electron chi connectivity index (χ4n) is 1.28. The van der Waals surface area contributed by atoms with Gasteiger partial charge in [-0.15, -0.1) is 22.7 Å². The van der Waals surface area contributed by atoms with E-state index in [0.717, 1.165) is 26.9 Å². The van der Waals surface area contributed by atoms with Crippen LogP contribution >= 0.6 is 34.3 Å². The Hall–Kier alpha value is -0.470. The van der Waals surface area contributed by atoms with Crippen LogP contribution in [0.15, 0.2) is 16.3 Å². The molecule has 18 heavy (non-hydrogen) atoms. The monoisotopic (exact) mass is 322 g/mol. The van der Waals surface area contributed by atoms with Crippen molar-refractivity contribution >= 4 is 44.3 Å². The molecule has 0 radical (unpaired) electrons. The summed E-state index contributed by atoms with van der Waals surface area (Å²) in [5.74, 6) is 0. The van der Waals surface area contributed by atoms with E-state index < -0.39 is 10.0 Å². The summed E-state index contributed by atoms with van der Waals surface area (Å²) in [5.41, 5.74) is 0.938. The van der Waals surface area contributed by atoms with E-state index >= 15 is 0 Å². The highest BCUT2D eigenvalue weighted by molar-refractivity contribution is 7.91. The molecule has 0 unspecified atom stereocenters. The van der Waals surface area contributed by atoms with Crippen molar-refractivity contribution in [2.24, 2.45) is 0 Å². The summed E-state index contributed by atoms with van der Waals surface area (Å²) in [6.45, 7) is 4.07. The zero-order valence-electron chi connectivity index (χ0n) is 9.73. The minimum absolute atomic E-state index is 0.206. The molecule has 0 saturated heterocycles. The van der Waals surface area contributed by atoms with E-state index in [0.29, 0.717) is 4.34 Å². The van der Waals surface area contributed by atoms with Gasteiger partial charge in [0.1, 0.15) is 9.22 Å². The normalized spacial score (nSPS) is 11.9. The number of aromatic nitrogens is 1. The van der Waals surface area contributed by atoms with Crippen molar-refractivity contribution in [3.8, 4) is 0 Å². The maximum Gasteiger partial charge on any atom is 0.250 e. The van der Waals surface area contributed by atoms with Gasteiger partial charge in [0.05, 0.1) is 16.6 Å². The van der Waals surface area contributed by atoms with Crippen molar-refractivity contribution in [2.45, 2.75) is 24.6 Å². The third-order valence-corrected chi connectivity index (χ3v) is 6.50. The molecule has 0 spiro atoms. The van der Waals surface area contributed by atoms with Crippen LogP contribution in [0, 0.1) is 13.8 Å². The second-order valence-electron chi connectivity index (χ2n) is 3.63. The lowest BCUT2D eigenvalue weighted by molar-refractivity contribution is 0.583. The molecule has 0 bridgehead atoms. The van der Waals surface area contributed by atoms with Gasteiger partial charge in [0.2, 0.25) is 10.0 Å². The maximum absolute atomic E-state index is 11.9. The zero-order valence-corrected chi connectivity index (χ0v) is 12.9. The van der Waals surface area contributed by atoms with Gasteiger partial charge in [-0.3, -0.25) is 0 Å². The molecule has 0 amide bonds. The highest BCUT2D eigenvalue weighted by Crippen LogP contribution is 2.25. The van der Waals surface area contributed by atoms with Crippen LogP contribution in [0.3, 0.4) is 0 Å². The number of thiazole rings is 1. The van der Waals surface area contributed by atoms with E-state index in [2.05, 4.69) is 9.71 Å². The molecule has 4 nitrogen and oxygen atoms in total. The number of sulfonamides is 1. The maximum atomic E-state index is 11.9. The minimum Gasteiger partial charge on any atom is -0.245 e. The second kappa shape index (κ2) is 5.26. The molecule has 0 atom stereocenters. The van der Waals surface area contributed by atoms with Crippen LogP contribution < -0.4 is 4.72 Å². The number of nitrogens with zero attached hydrogens (tertiary/aromatic N) is 1. The lowest BCUT2D eigenvalue weighted by atomic mass is 10.4. The number of nitrogens with one attached hydrogen (secondary N) is 1. The van der Waals surface area contributed by atoms with E-state index in [-0.39, 0.29) is 10.8 Å². The molecule has 0 aliphatic heterocycles. The molecule has 0 fully saturated rings. The van der Waals surface area contributed by atoms with E-state index in [1.54, 1.807) is 6.07 Å². The highest BCUT2D eigenvalue weighted by Gasteiger charge is 2.17. The van der Waals surface area contributed by atoms with Gasteiger partial charge in [0.15, 0.2) is 0 Å². The molecule has 1 N–H and O–H groups in total. The molecule has 2 aromatic rings. The smallest absolute Gasteiger partial charge is 0.245 e. The summed E-state index contributed by atoms with van der Waals surface area (Å²) in [4.78, 5) is 5.38. The van der Waals surface area contributed by atoms with E-state index in [9.17, 15) is 8.42 Å². The largest absolute Gasteiger partial charge is 0.250 e. The molecule has 0 aliphatic carbocycles. The Bertz CT molecular complexity index is 641. The molecule has 2 aromatic heterocycles. The SMILES string of the molecule is Cc1nc(CNS(=O)(=O)c2ccc(Cl)s2)sc1C. The van der Waals surface area contributed by atoms with Gasteiger partial charge in [-0.25, -0.2) is 18.1 Å². The van der Waals surface area contributed by atoms with Gasteiger partial charge in [0, 0.05) is 4.88 Å². The third-order valence-electron chi connectivity index (χ3n) is 2.30. The van der Waals surface area contributed by atoms with Crippen LogP contribution in [0.5, 0.6) is 0 Å². The molecule has 0 saturated carbocycles. The van der Waals surface area contributed by atoms with Crippen LogP contribution in [-0.2, 0) is 16.6 Å². The van der Waals surface area contributed by atoms with Crippen molar-refractivity contribution in [1.82, 2.24) is 9.71 Å². The number of thiophene rings is 1. The Morgan fingerprint density at radius 3 is 2.56 bits per heavy atom. The van der Waals surface area contributed by atoms with Crippen molar-refractivity contribution in [3.63, 3.8) is 0 Å². The Balaban J connectivity index is 2.10. The van der Waals surface area contributed by atoms with E-state index in [4.69, 9.17) is 11.6 Å². The Kier molecular flexibility index (Phi) is 4.08. The molecular weight excluding hydrogens is 312 g/mol. The molecule has 2 heterocycles. The standard InChI is InChI=1S/C10H11ClN2O2S3/c1-6-7(2)16-9(13-6)5-12-18(14,15)10-4-3-8(11)17-10/h3-4,12H,5H2,1-2H3. The van der Waals surface area contributed by atoms with Crippen molar-refractivity contribution < 1.29 is 8.42 Å². The van der Waals surface area contributed by atoms with Gasteiger partial charge in [0.25, 0.3) is 0 Å².